The number of nitrogens with zero attached hydrogens (tertiary/aromatic N) is 2. The van der Waals surface area contributed by atoms with E-state index < -0.39 is 0 Å². The minimum absolute atomic E-state index is 0.109. The number of aromatic nitrogens is 2. The van der Waals surface area contributed by atoms with Crippen molar-refractivity contribution in [3.8, 4) is 0 Å². The fourth-order valence-corrected chi connectivity index (χ4v) is 2.00. The maximum atomic E-state index is 5.91. The van der Waals surface area contributed by atoms with E-state index in [-0.39, 0.29) is 6.04 Å². The topological polar surface area (TPSA) is 29.9 Å². The third-order valence-corrected chi connectivity index (χ3v) is 2.98. The first-order valence-corrected chi connectivity index (χ1v) is 6.06. The molecule has 17 heavy (non-hydrogen) atoms. The molecule has 0 spiro atoms. The van der Waals surface area contributed by atoms with E-state index in [0.717, 1.165) is 17.4 Å². The Morgan fingerprint density at radius 3 is 2.59 bits per heavy atom. The van der Waals surface area contributed by atoms with Gasteiger partial charge in [-0.3, -0.25) is 0 Å². The Morgan fingerprint density at radius 1 is 1.35 bits per heavy atom. The Balaban J connectivity index is 2.35. The molecule has 1 aromatic heterocycles. The van der Waals surface area contributed by atoms with Crippen molar-refractivity contribution in [3.05, 3.63) is 53.1 Å². The first-order chi connectivity index (χ1) is 8.22. The van der Waals surface area contributed by atoms with E-state index in [4.69, 9.17) is 11.6 Å². The lowest BCUT2D eigenvalue weighted by molar-refractivity contribution is 0.577. The van der Waals surface area contributed by atoms with Crippen LogP contribution in [0.25, 0.3) is 0 Å². The number of hydrogen-bond acceptors (Lipinski definition) is 2. The zero-order valence-corrected chi connectivity index (χ0v) is 10.8. The van der Waals surface area contributed by atoms with Gasteiger partial charge in [-0.2, -0.15) is 0 Å². The van der Waals surface area contributed by atoms with Gasteiger partial charge in [-0.15, -0.1) is 0 Å². The van der Waals surface area contributed by atoms with Crippen molar-refractivity contribution in [1.82, 2.24) is 14.9 Å². The van der Waals surface area contributed by atoms with E-state index in [1.807, 2.05) is 48.3 Å². The highest BCUT2D eigenvalue weighted by molar-refractivity contribution is 6.30. The van der Waals surface area contributed by atoms with Crippen molar-refractivity contribution in [1.29, 1.82) is 0 Å². The van der Waals surface area contributed by atoms with Crippen LogP contribution in [-0.2, 0) is 7.05 Å². The van der Waals surface area contributed by atoms with E-state index in [2.05, 4.69) is 17.2 Å². The second-order valence-electron chi connectivity index (χ2n) is 3.94. The van der Waals surface area contributed by atoms with E-state index >= 15 is 0 Å². The van der Waals surface area contributed by atoms with Crippen molar-refractivity contribution >= 4 is 11.6 Å². The minimum Gasteiger partial charge on any atom is -0.336 e. The lowest BCUT2D eigenvalue weighted by Crippen LogP contribution is -2.24. The summed E-state index contributed by atoms with van der Waals surface area (Å²) in [6, 6.07) is 7.99. The molecule has 4 heteroatoms. The van der Waals surface area contributed by atoms with E-state index in [1.165, 1.54) is 5.56 Å². The average Bonchev–Trinajstić information content (AvgIpc) is 2.74. The number of benzene rings is 1. The molecule has 0 aliphatic carbocycles. The summed E-state index contributed by atoms with van der Waals surface area (Å²) in [5, 5.41) is 4.19. The van der Waals surface area contributed by atoms with Crippen LogP contribution in [0.2, 0.25) is 5.02 Å². The van der Waals surface area contributed by atoms with Gasteiger partial charge < -0.3 is 9.88 Å². The molecular weight excluding hydrogens is 234 g/mol. The van der Waals surface area contributed by atoms with Crippen molar-refractivity contribution in [2.75, 3.05) is 6.54 Å². The maximum absolute atomic E-state index is 5.91. The molecule has 2 aromatic rings. The molecule has 0 saturated carbocycles. The molecule has 0 amide bonds. The third-order valence-electron chi connectivity index (χ3n) is 2.73. The van der Waals surface area contributed by atoms with Gasteiger partial charge in [0.05, 0.1) is 6.04 Å². The Labute approximate surface area is 106 Å². The number of hydrogen-bond donors (Lipinski definition) is 1. The summed E-state index contributed by atoms with van der Waals surface area (Å²) >= 11 is 5.91. The van der Waals surface area contributed by atoms with Gasteiger partial charge in [0.2, 0.25) is 0 Å². The van der Waals surface area contributed by atoms with Crippen LogP contribution < -0.4 is 5.32 Å². The number of rotatable bonds is 4. The summed E-state index contributed by atoms with van der Waals surface area (Å²) in [5.74, 6) is 1.01. The van der Waals surface area contributed by atoms with E-state index in [9.17, 15) is 0 Å². The fraction of sp³-hybridized carbons (Fsp3) is 0.308. The standard InChI is InChI=1S/C13H16ClN3/c1-3-15-12(13-16-8-9-17(13)2)10-4-6-11(14)7-5-10/h4-9,12,15H,3H2,1-2H3. The number of nitrogens with one attached hydrogen (secondary N) is 1. The average molecular weight is 250 g/mol. The molecular formula is C13H16ClN3. The van der Waals surface area contributed by atoms with Gasteiger partial charge in [-0.05, 0) is 24.2 Å². The van der Waals surface area contributed by atoms with Crippen LogP contribution in [0.15, 0.2) is 36.7 Å². The molecule has 0 aliphatic rings. The van der Waals surface area contributed by atoms with Crippen molar-refractivity contribution in [2.45, 2.75) is 13.0 Å². The molecule has 3 nitrogen and oxygen atoms in total. The van der Waals surface area contributed by atoms with Crippen molar-refractivity contribution in [3.63, 3.8) is 0 Å². The lowest BCUT2D eigenvalue weighted by atomic mass is 10.1. The highest BCUT2D eigenvalue weighted by atomic mass is 35.5. The van der Waals surface area contributed by atoms with Crippen LogP contribution in [0, 0.1) is 0 Å². The van der Waals surface area contributed by atoms with Gasteiger partial charge in [0.15, 0.2) is 0 Å². The SMILES string of the molecule is CCNC(c1ccc(Cl)cc1)c1nccn1C. The first kappa shape index (κ1) is 12.1. The van der Waals surface area contributed by atoms with Crippen LogP contribution in [-0.4, -0.2) is 16.1 Å². The van der Waals surface area contributed by atoms with Crippen LogP contribution in [0.1, 0.15) is 24.4 Å². The highest BCUT2D eigenvalue weighted by Gasteiger charge is 2.16. The molecule has 1 unspecified atom stereocenters. The van der Waals surface area contributed by atoms with Crippen molar-refractivity contribution < 1.29 is 0 Å². The van der Waals surface area contributed by atoms with Gasteiger partial charge in [-0.25, -0.2) is 4.98 Å². The molecule has 0 bridgehead atoms. The monoisotopic (exact) mass is 249 g/mol. The van der Waals surface area contributed by atoms with Gasteiger partial charge in [0.25, 0.3) is 0 Å². The molecule has 0 aliphatic heterocycles. The predicted octanol–water partition coefficient (Wildman–Crippen LogP) is 2.77. The molecule has 0 radical (unpaired) electrons. The maximum Gasteiger partial charge on any atom is 0.130 e. The number of imidazole rings is 1. The molecule has 0 fully saturated rings. The van der Waals surface area contributed by atoms with Crippen molar-refractivity contribution in [2.24, 2.45) is 7.05 Å². The largest absolute Gasteiger partial charge is 0.336 e. The van der Waals surface area contributed by atoms with Crippen LogP contribution in [0.4, 0.5) is 0 Å². The summed E-state index contributed by atoms with van der Waals surface area (Å²) in [6.45, 7) is 2.98. The highest BCUT2D eigenvalue weighted by Crippen LogP contribution is 2.21. The minimum atomic E-state index is 0.109. The Morgan fingerprint density at radius 2 is 2.06 bits per heavy atom. The van der Waals surface area contributed by atoms with Gasteiger partial charge in [0, 0.05) is 24.5 Å². The van der Waals surface area contributed by atoms with Crippen LogP contribution >= 0.6 is 11.6 Å². The molecule has 1 atom stereocenters. The Kier molecular flexibility index (Phi) is 3.82. The van der Waals surface area contributed by atoms with Crippen LogP contribution in [0.5, 0.6) is 0 Å². The van der Waals surface area contributed by atoms with Crippen LogP contribution in [0.3, 0.4) is 0 Å². The third kappa shape index (κ3) is 2.68. The second-order valence-corrected chi connectivity index (χ2v) is 4.38. The quantitative estimate of drug-likeness (QED) is 0.903. The smallest absolute Gasteiger partial charge is 0.130 e. The molecule has 1 aromatic carbocycles. The Hall–Kier alpha value is -1.32. The number of aryl methyl sites for hydroxylation is 1. The predicted molar refractivity (Wildman–Crippen MR) is 70.2 cm³/mol. The van der Waals surface area contributed by atoms with E-state index in [0.29, 0.717) is 0 Å². The fourth-order valence-electron chi connectivity index (χ4n) is 1.87. The second kappa shape index (κ2) is 5.34. The molecule has 1 N–H and O–H groups in total. The Bertz CT molecular complexity index is 476. The molecule has 2 rings (SSSR count). The van der Waals surface area contributed by atoms with E-state index in [1.54, 1.807) is 0 Å². The summed E-state index contributed by atoms with van der Waals surface area (Å²) in [4.78, 5) is 4.40. The number of halogens is 1. The zero-order chi connectivity index (χ0) is 12.3. The first-order valence-electron chi connectivity index (χ1n) is 5.68. The molecule has 0 saturated heterocycles. The molecule has 90 valence electrons. The lowest BCUT2D eigenvalue weighted by Gasteiger charge is -2.18. The summed E-state index contributed by atoms with van der Waals surface area (Å²) in [7, 11) is 2.00. The zero-order valence-electron chi connectivity index (χ0n) is 10.0. The normalized spacial score (nSPS) is 12.6. The van der Waals surface area contributed by atoms with Gasteiger partial charge in [0.1, 0.15) is 5.82 Å². The molecule has 1 heterocycles. The summed E-state index contributed by atoms with van der Waals surface area (Å²) in [6.07, 6.45) is 3.77. The summed E-state index contributed by atoms with van der Waals surface area (Å²) in [5.41, 5.74) is 1.17. The van der Waals surface area contributed by atoms with Gasteiger partial charge >= 0.3 is 0 Å². The van der Waals surface area contributed by atoms with Gasteiger partial charge in [-0.1, -0.05) is 30.7 Å². The summed E-state index contributed by atoms with van der Waals surface area (Å²) < 4.78 is 2.03.